The number of hydrogen-bond donors (Lipinski definition) is 1. The van der Waals surface area contributed by atoms with Crippen LogP contribution in [0.25, 0.3) is 0 Å². The van der Waals surface area contributed by atoms with E-state index in [2.05, 4.69) is 0 Å². The predicted molar refractivity (Wildman–Crippen MR) is 69.4 cm³/mol. The summed E-state index contributed by atoms with van der Waals surface area (Å²) in [7, 11) is 0. The number of aliphatic hydroxyl groups excluding tert-OH is 1. The van der Waals surface area contributed by atoms with Gasteiger partial charge in [-0.2, -0.15) is 0 Å². The molecule has 1 aliphatic rings. The Morgan fingerprint density at radius 2 is 2.47 bits per heavy atom. The molecule has 1 N–H and O–H groups in total. The van der Waals surface area contributed by atoms with Crippen LogP contribution in [0.15, 0.2) is 11.4 Å². The molecule has 17 heavy (non-hydrogen) atoms. The lowest BCUT2D eigenvalue weighted by Gasteiger charge is -2.25. The molecular formula is C13H19NO2S. The first kappa shape index (κ1) is 12.6. The largest absolute Gasteiger partial charge is 0.393 e. The molecule has 2 heterocycles. The number of thiophene rings is 1. The number of nitrogens with zero attached hydrogens (tertiary/aromatic N) is 1. The van der Waals surface area contributed by atoms with Gasteiger partial charge in [0, 0.05) is 12.6 Å². The lowest BCUT2D eigenvalue weighted by atomic mass is 10.1. The highest BCUT2D eigenvalue weighted by atomic mass is 32.1. The van der Waals surface area contributed by atoms with E-state index in [-0.39, 0.29) is 18.1 Å². The number of aliphatic hydroxyl groups is 1. The number of rotatable bonds is 3. The maximum atomic E-state index is 12.4. The third kappa shape index (κ3) is 2.69. The summed E-state index contributed by atoms with van der Waals surface area (Å²) >= 11 is 1.51. The van der Waals surface area contributed by atoms with Crippen LogP contribution in [0.3, 0.4) is 0 Å². The van der Waals surface area contributed by atoms with Crippen molar-refractivity contribution in [2.75, 3.05) is 6.54 Å². The van der Waals surface area contributed by atoms with Gasteiger partial charge in [-0.05, 0) is 50.1 Å². The van der Waals surface area contributed by atoms with Gasteiger partial charge in [0.05, 0.1) is 11.0 Å². The van der Waals surface area contributed by atoms with E-state index in [9.17, 15) is 9.90 Å². The van der Waals surface area contributed by atoms with Crippen LogP contribution < -0.4 is 0 Å². The number of aryl methyl sites for hydroxylation is 1. The molecule has 1 aliphatic heterocycles. The molecule has 0 bridgehead atoms. The molecule has 1 fully saturated rings. The van der Waals surface area contributed by atoms with Crippen molar-refractivity contribution in [3.8, 4) is 0 Å². The summed E-state index contributed by atoms with van der Waals surface area (Å²) in [4.78, 5) is 15.2. The summed E-state index contributed by atoms with van der Waals surface area (Å²) in [5, 5.41) is 11.4. The first-order valence-electron chi connectivity index (χ1n) is 6.12. The van der Waals surface area contributed by atoms with Crippen LogP contribution in [0.1, 0.15) is 41.4 Å². The highest BCUT2D eigenvalue weighted by Crippen LogP contribution is 2.26. The van der Waals surface area contributed by atoms with Gasteiger partial charge in [0.15, 0.2) is 0 Å². The average molecular weight is 253 g/mol. The van der Waals surface area contributed by atoms with Gasteiger partial charge in [-0.15, -0.1) is 11.3 Å². The van der Waals surface area contributed by atoms with E-state index < -0.39 is 0 Å². The molecule has 0 saturated carbocycles. The summed E-state index contributed by atoms with van der Waals surface area (Å²) in [6.07, 6.45) is 2.42. The lowest BCUT2D eigenvalue weighted by Crippen LogP contribution is -2.37. The molecule has 0 radical (unpaired) electrons. The lowest BCUT2D eigenvalue weighted by molar-refractivity contribution is 0.0686. The monoisotopic (exact) mass is 253 g/mol. The molecule has 1 amide bonds. The molecule has 3 nitrogen and oxygen atoms in total. The van der Waals surface area contributed by atoms with Gasteiger partial charge in [-0.3, -0.25) is 4.79 Å². The van der Waals surface area contributed by atoms with Gasteiger partial charge in [0.1, 0.15) is 0 Å². The molecule has 4 heteroatoms. The number of hydrogen-bond acceptors (Lipinski definition) is 3. The number of carbonyl (C=O) groups excluding carboxylic acids is 1. The Hall–Kier alpha value is -0.870. The summed E-state index contributed by atoms with van der Waals surface area (Å²) < 4.78 is 0. The minimum Gasteiger partial charge on any atom is -0.393 e. The Morgan fingerprint density at radius 3 is 3.06 bits per heavy atom. The van der Waals surface area contributed by atoms with Crippen molar-refractivity contribution in [1.29, 1.82) is 0 Å². The Bertz CT molecular complexity index is 400. The highest BCUT2D eigenvalue weighted by Gasteiger charge is 2.31. The van der Waals surface area contributed by atoms with Crippen LogP contribution >= 0.6 is 11.3 Å². The van der Waals surface area contributed by atoms with E-state index in [0.717, 1.165) is 29.8 Å². The molecule has 2 unspecified atom stereocenters. The van der Waals surface area contributed by atoms with E-state index in [1.165, 1.54) is 11.3 Å². The Balaban J connectivity index is 2.11. The van der Waals surface area contributed by atoms with Crippen LogP contribution in [-0.4, -0.2) is 34.6 Å². The zero-order valence-electron chi connectivity index (χ0n) is 10.3. The van der Waals surface area contributed by atoms with E-state index in [1.807, 2.05) is 23.3 Å². The van der Waals surface area contributed by atoms with Gasteiger partial charge in [-0.25, -0.2) is 0 Å². The first-order valence-corrected chi connectivity index (χ1v) is 7.00. The van der Waals surface area contributed by atoms with E-state index >= 15 is 0 Å². The fourth-order valence-corrected chi connectivity index (χ4v) is 3.34. The molecule has 1 saturated heterocycles. The third-order valence-corrected chi connectivity index (χ3v) is 4.31. The second-order valence-corrected chi connectivity index (χ2v) is 5.73. The SMILES string of the molecule is Cc1ccsc1C(=O)N1CCCC1CC(C)O. The number of carbonyl (C=O) groups is 1. The molecule has 2 atom stereocenters. The molecule has 0 spiro atoms. The third-order valence-electron chi connectivity index (χ3n) is 3.31. The summed E-state index contributed by atoms with van der Waals surface area (Å²) in [5.41, 5.74) is 1.06. The molecule has 0 aliphatic carbocycles. The second kappa shape index (κ2) is 5.19. The fourth-order valence-electron chi connectivity index (χ4n) is 2.46. The summed E-state index contributed by atoms with van der Waals surface area (Å²) in [5.74, 6) is 0.139. The van der Waals surface area contributed by atoms with Crippen molar-refractivity contribution in [2.45, 2.75) is 45.3 Å². The average Bonchev–Trinajstić information content (AvgIpc) is 2.85. The number of amides is 1. The van der Waals surface area contributed by atoms with Crippen LogP contribution in [0.4, 0.5) is 0 Å². The second-order valence-electron chi connectivity index (χ2n) is 4.81. The zero-order valence-corrected chi connectivity index (χ0v) is 11.2. The maximum Gasteiger partial charge on any atom is 0.264 e. The van der Waals surface area contributed by atoms with Crippen LogP contribution in [-0.2, 0) is 0 Å². The molecule has 0 aromatic carbocycles. The quantitative estimate of drug-likeness (QED) is 0.898. The highest BCUT2D eigenvalue weighted by molar-refractivity contribution is 7.12. The Morgan fingerprint density at radius 1 is 1.71 bits per heavy atom. The standard InChI is InChI=1S/C13H19NO2S/c1-9-5-7-17-12(9)13(16)14-6-3-4-11(14)8-10(2)15/h5,7,10-11,15H,3-4,6,8H2,1-2H3. The van der Waals surface area contributed by atoms with Crippen molar-refractivity contribution in [3.05, 3.63) is 21.9 Å². The molecule has 1 aromatic rings. The molecule has 2 rings (SSSR count). The summed E-state index contributed by atoms with van der Waals surface area (Å²) in [6, 6.07) is 2.20. The normalized spacial score (nSPS) is 21.8. The number of likely N-dealkylation sites (tertiary alicyclic amines) is 1. The van der Waals surface area contributed by atoms with Crippen molar-refractivity contribution in [1.82, 2.24) is 4.90 Å². The fraction of sp³-hybridized carbons (Fsp3) is 0.615. The van der Waals surface area contributed by atoms with Gasteiger partial charge in [0.25, 0.3) is 5.91 Å². The van der Waals surface area contributed by atoms with Crippen LogP contribution in [0.5, 0.6) is 0 Å². The minimum absolute atomic E-state index is 0.139. The van der Waals surface area contributed by atoms with Gasteiger partial charge in [0.2, 0.25) is 0 Å². The molecular weight excluding hydrogens is 234 g/mol. The first-order chi connectivity index (χ1) is 8.09. The Kier molecular flexibility index (Phi) is 3.84. The zero-order chi connectivity index (χ0) is 12.4. The van der Waals surface area contributed by atoms with E-state index in [4.69, 9.17) is 0 Å². The van der Waals surface area contributed by atoms with Crippen molar-refractivity contribution in [2.24, 2.45) is 0 Å². The van der Waals surface area contributed by atoms with Crippen LogP contribution in [0, 0.1) is 6.92 Å². The smallest absolute Gasteiger partial charge is 0.264 e. The maximum absolute atomic E-state index is 12.4. The topological polar surface area (TPSA) is 40.5 Å². The van der Waals surface area contributed by atoms with Crippen molar-refractivity contribution < 1.29 is 9.90 Å². The molecule has 1 aromatic heterocycles. The van der Waals surface area contributed by atoms with Crippen molar-refractivity contribution >= 4 is 17.2 Å². The van der Waals surface area contributed by atoms with Gasteiger partial charge in [-0.1, -0.05) is 0 Å². The minimum atomic E-state index is -0.335. The van der Waals surface area contributed by atoms with Gasteiger partial charge < -0.3 is 10.0 Å². The Labute approximate surface area is 106 Å². The van der Waals surface area contributed by atoms with E-state index in [0.29, 0.717) is 6.42 Å². The van der Waals surface area contributed by atoms with Crippen molar-refractivity contribution in [3.63, 3.8) is 0 Å². The summed E-state index contributed by atoms with van der Waals surface area (Å²) in [6.45, 7) is 4.59. The predicted octanol–water partition coefficient (Wildman–Crippen LogP) is 2.43. The molecule has 94 valence electrons. The van der Waals surface area contributed by atoms with Gasteiger partial charge >= 0.3 is 0 Å². The van der Waals surface area contributed by atoms with E-state index in [1.54, 1.807) is 6.92 Å². The van der Waals surface area contributed by atoms with Crippen LogP contribution in [0.2, 0.25) is 0 Å².